The minimum atomic E-state index is -2.10. The summed E-state index contributed by atoms with van der Waals surface area (Å²) in [6, 6.07) is 12.1. The number of rotatable bonds is 6. The molecule has 0 spiro atoms. The van der Waals surface area contributed by atoms with Crippen LogP contribution in [-0.2, 0) is 11.3 Å². The lowest BCUT2D eigenvalue weighted by Crippen LogP contribution is -2.42. The average molecular weight is 455 g/mol. The zero-order valence-corrected chi connectivity index (χ0v) is 17.7. The molecule has 3 aromatic rings. The lowest BCUT2D eigenvalue weighted by molar-refractivity contribution is -0.126. The number of carbonyl (C=O) groups is 2. The van der Waals surface area contributed by atoms with Gasteiger partial charge in [-0.2, -0.15) is 0 Å². The highest BCUT2D eigenvalue weighted by molar-refractivity contribution is 5.92. The fraction of sp³-hybridized carbons (Fsp3) is 0.292. The Labute approximate surface area is 189 Å². The van der Waals surface area contributed by atoms with Crippen LogP contribution in [0.15, 0.2) is 59.2 Å². The summed E-state index contributed by atoms with van der Waals surface area (Å²) in [5.41, 5.74) is 1.17. The molecule has 2 heterocycles. The van der Waals surface area contributed by atoms with Gasteiger partial charge in [-0.3, -0.25) is 9.59 Å². The number of carbonyl (C=O) groups excluding carboxylic acids is 2. The summed E-state index contributed by atoms with van der Waals surface area (Å²) < 4.78 is 33.4. The van der Waals surface area contributed by atoms with Gasteiger partial charge in [0.15, 0.2) is 5.69 Å². The summed E-state index contributed by atoms with van der Waals surface area (Å²) in [7, 11) is 0. The largest absolute Gasteiger partial charge is 0.444 e. The number of piperidine rings is 1. The fourth-order valence-corrected chi connectivity index (χ4v) is 3.67. The van der Waals surface area contributed by atoms with Crippen LogP contribution in [-0.4, -0.2) is 46.0 Å². The number of amides is 2. The molecule has 0 bridgehead atoms. The van der Waals surface area contributed by atoms with Gasteiger partial charge >= 0.3 is 0 Å². The van der Waals surface area contributed by atoms with Crippen LogP contribution in [0, 0.1) is 5.82 Å². The van der Waals surface area contributed by atoms with Crippen molar-refractivity contribution in [2.24, 2.45) is 0 Å². The Morgan fingerprint density at radius 3 is 2.70 bits per heavy atom. The smallest absolute Gasteiger partial charge is 0.275 e. The third-order valence-corrected chi connectivity index (χ3v) is 5.48. The van der Waals surface area contributed by atoms with Crippen molar-refractivity contribution in [3.63, 3.8) is 0 Å². The molecule has 0 saturated carbocycles. The molecular weight excluding hydrogens is 432 g/mol. The number of halogens is 2. The van der Waals surface area contributed by atoms with Crippen LogP contribution in [0.4, 0.5) is 8.78 Å². The van der Waals surface area contributed by atoms with Crippen molar-refractivity contribution in [1.82, 2.24) is 15.2 Å². The van der Waals surface area contributed by atoms with Crippen molar-refractivity contribution < 1.29 is 27.9 Å². The predicted molar refractivity (Wildman–Crippen MR) is 115 cm³/mol. The molecule has 1 aliphatic rings. The highest BCUT2D eigenvalue weighted by atomic mass is 19.1. The Morgan fingerprint density at radius 1 is 1.21 bits per heavy atom. The first-order chi connectivity index (χ1) is 15.9. The second-order valence-electron chi connectivity index (χ2n) is 7.88. The predicted octanol–water partition coefficient (Wildman–Crippen LogP) is 3.40. The minimum Gasteiger partial charge on any atom is -0.444 e. The van der Waals surface area contributed by atoms with Crippen LogP contribution in [0.3, 0.4) is 0 Å². The van der Waals surface area contributed by atoms with E-state index in [9.17, 15) is 23.5 Å². The Bertz CT molecular complexity index is 1130. The second-order valence-corrected chi connectivity index (χ2v) is 7.88. The van der Waals surface area contributed by atoms with Crippen LogP contribution in [0.25, 0.3) is 11.5 Å². The topological polar surface area (TPSA) is 95.7 Å². The van der Waals surface area contributed by atoms with Crippen molar-refractivity contribution in [2.45, 2.75) is 31.7 Å². The molecule has 1 aliphatic heterocycles. The number of likely N-dealkylation sites (tertiary alicyclic amines) is 1. The molecule has 2 aromatic carbocycles. The van der Waals surface area contributed by atoms with E-state index in [1.807, 2.05) is 0 Å². The Hall–Kier alpha value is -3.59. The Kier molecular flexibility index (Phi) is 6.79. The maximum atomic E-state index is 14.3. The minimum absolute atomic E-state index is 0.0561. The maximum absolute atomic E-state index is 14.3. The number of β-amino-alcohol motifs (C(OH)–C–C–N with tert-alkyl or cyclic N) is 1. The average Bonchev–Trinajstić information content (AvgIpc) is 3.32. The molecule has 2 N–H and O–H groups in total. The third kappa shape index (κ3) is 5.25. The molecule has 33 heavy (non-hydrogen) atoms. The molecule has 0 aliphatic carbocycles. The first-order valence-corrected chi connectivity index (χ1v) is 10.6. The highest BCUT2D eigenvalue weighted by Gasteiger charge is 2.25. The molecule has 2 amide bonds. The van der Waals surface area contributed by atoms with E-state index in [1.54, 1.807) is 29.2 Å². The van der Waals surface area contributed by atoms with E-state index in [1.165, 1.54) is 24.5 Å². The standard InChI is InChI=1S/C24H23F2N3O4/c25-19-6-2-1-5-18(19)21(26)22(31)27-12-15-7-9-16(10-8-15)23-28-20(14-33-23)24(32)29-11-3-4-17(30)13-29/h1-2,5-10,14,17,21,30H,3-4,11-13H2,(H,27,31). The number of oxazole rings is 1. The van der Waals surface area contributed by atoms with Crippen molar-refractivity contribution in [3.05, 3.63) is 77.4 Å². The lowest BCUT2D eigenvalue weighted by atomic mass is 10.1. The van der Waals surface area contributed by atoms with Crippen LogP contribution in [0.2, 0.25) is 0 Å². The number of hydrogen-bond donors (Lipinski definition) is 2. The Balaban J connectivity index is 1.35. The van der Waals surface area contributed by atoms with E-state index in [4.69, 9.17) is 4.42 Å². The molecule has 4 rings (SSSR count). The van der Waals surface area contributed by atoms with Crippen molar-refractivity contribution >= 4 is 11.8 Å². The number of aromatic nitrogens is 1. The van der Waals surface area contributed by atoms with Gasteiger partial charge in [0.25, 0.3) is 11.8 Å². The van der Waals surface area contributed by atoms with Gasteiger partial charge in [-0.05, 0) is 36.6 Å². The Morgan fingerprint density at radius 2 is 1.97 bits per heavy atom. The van der Waals surface area contributed by atoms with Crippen molar-refractivity contribution in [2.75, 3.05) is 13.1 Å². The monoisotopic (exact) mass is 455 g/mol. The molecule has 7 nitrogen and oxygen atoms in total. The summed E-state index contributed by atoms with van der Waals surface area (Å²) in [6.45, 7) is 0.897. The number of nitrogens with one attached hydrogen (secondary N) is 1. The molecule has 0 radical (unpaired) electrons. The molecule has 1 aromatic heterocycles. The normalized spacial score (nSPS) is 16.9. The van der Waals surface area contributed by atoms with Crippen LogP contribution in [0.5, 0.6) is 0 Å². The third-order valence-electron chi connectivity index (χ3n) is 5.48. The number of benzene rings is 2. The van der Waals surface area contributed by atoms with E-state index in [2.05, 4.69) is 10.3 Å². The molecule has 1 saturated heterocycles. The van der Waals surface area contributed by atoms with Crippen molar-refractivity contribution in [1.29, 1.82) is 0 Å². The number of aliphatic hydroxyl groups excluding tert-OH is 1. The SMILES string of the molecule is O=C(NCc1ccc(-c2nc(C(=O)N3CCCC(O)C3)co2)cc1)C(F)c1ccccc1F. The zero-order chi connectivity index (χ0) is 23.4. The number of alkyl halides is 1. The van der Waals surface area contributed by atoms with E-state index < -0.39 is 24.0 Å². The zero-order valence-electron chi connectivity index (χ0n) is 17.7. The number of nitrogens with zero attached hydrogens (tertiary/aromatic N) is 2. The second kappa shape index (κ2) is 9.91. The summed E-state index contributed by atoms with van der Waals surface area (Å²) in [5, 5.41) is 12.2. The number of hydrogen-bond acceptors (Lipinski definition) is 5. The lowest BCUT2D eigenvalue weighted by Gasteiger charge is -2.29. The molecule has 172 valence electrons. The molecular formula is C24H23F2N3O4. The first kappa shape index (κ1) is 22.6. The van der Waals surface area contributed by atoms with Gasteiger partial charge in [-0.25, -0.2) is 13.8 Å². The van der Waals surface area contributed by atoms with Gasteiger partial charge in [-0.1, -0.05) is 30.3 Å². The van der Waals surface area contributed by atoms with Gasteiger partial charge in [0.05, 0.1) is 6.10 Å². The van der Waals surface area contributed by atoms with E-state index in [0.717, 1.165) is 12.5 Å². The molecule has 1 fully saturated rings. The fourth-order valence-electron chi connectivity index (χ4n) is 3.67. The summed E-state index contributed by atoms with van der Waals surface area (Å²) >= 11 is 0. The van der Waals surface area contributed by atoms with Gasteiger partial charge in [0.2, 0.25) is 12.1 Å². The highest BCUT2D eigenvalue weighted by Crippen LogP contribution is 2.22. The summed E-state index contributed by atoms with van der Waals surface area (Å²) in [4.78, 5) is 30.4. The van der Waals surface area contributed by atoms with E-state index in [0.29, 0.717) is 24.1 Å². The van der Waals surface area contributed by atoms with Gasteiger partial charge in [-0.15, -0.1) is 0 Å². The van der Waals surface area contributed by atoms with Gasteiger partial charge in [0.1, 0.15) is 12.1 Å². The maximum Gasteiger partial charge on any atom is 0.275 e. The summed E-state index contributed by atoms with van der Waals surface area (Å²) in [5.74, 6) is -1.73. The molecule has 2 unspecified atom stereocenters. The van der Waals surface area contributed by atoms with E-state index in [-0.39, 0.29) is 36.1 Å². The molecule has 9 heteroatoms. The van der Waals surface area contributed by atoms with Crippen LogP contribution < -0.4 is 5.32 Å². The first-order valence-electron chi connectivity index (χ1n) is 10.6. The van der Waals surface area contributed by atoms with Gasteiger partial charge < -0.3 is 19.7 Å². The number of aliphatic hydroxyl groups is 1. The summed E-state index contributed by atoms with van der Waals surface area (Å²) in [6.07, 6.45) is 0.0717. The van der Waals surface area contributed by atoms with E-state index >= 15 is 0 Å². The van der Waals surface area contributed by atoms with Crippen LogP contribution >= 0.6 is 0 Å². The van der Waals surface area contributed by atoms with Crippen LogP contribution in [0.1, 0.15) is 40.6 Å². The molecule has 2 atom stereocenters. The van der Waals surface area contributed by atoms with Crippen molar-refractivity contribution in [3.8, 4) is 11.5 Å². The quantitative estimate of drug-likeness (QED) is 0.594. The van der Waals surface area contributed by atoms with Gasteiger partial charge in [0, 0.05) is 30.8 Å².